The van der Waals surface area contributed by atoms with Crippen LogP contribution in [-0.4, -0.2) is 16.9 Å². The molecule has 27 heavy (non-hydrogen) atoms. The number of benzene rings is 2. The van der Waals surface area contributed by atoms with Gasteiger partial charge in [0.2, 0.25) is 5.78 Å². The highest BCUT2D eigenvalue weighted by atomic mass is 35.5. The first-order chi connectivity index (χ1) is 13.0. The van der Waals surface area contributed by atoms with Crippen molar-refractivity contribution < 1.29 is 14.7 Å². The number of hydrogen-bond donors (Lipinski definition) is 2. The minimum absolute atomic E-state index is 0.196. The minimum atomic E-state index is -1.30. The van der Waals surface area contributed by atoms with E-state index in [1.54, 1.807) is 12.1 Å². The second-order valence-corrected chi connectivity index (χ2v) is 6.65. The van der Waals surface area contributed by atoms with Crippen LogP contribution in [0.4, 0.5) is 5.69 Å². The van der Waals surface area contributed by atoms with Crippen molar-refractivity contribution in [1.82, 2.24) is 0 Å². The number of rotatable bonds is 9. The van der Waals surface area contributed by atoms with Gasteiger partial charge in [-0.05, 0) is 48.6 Å². The number of carboxylic acids is 1. The molecule has 0 spiro atoms. The van der Waals surface area contributed by atoms with E-state index in [0.717, 1.165) is 30.5 Å². The number of carboxylic acid groups (broad SMARTS) is 1. The van der Waals surface area contributed by atoms with Gasteiger partial charge < -0.3 is 10.4 Å². The van der Waals surface area contributed by atoms with Gasteiger partial charge in [0.1, 0.15) is 5.57 Å². The molecule has 0 aliphatic rings. The number of halogens is 1. The van der Waals surface area contributed by atoms with Crippen LogP contribution in [0.15, 0.2) is 54.2 Å². The summed E-state index contributed by atoms with van der Waals surface area (Å²) >= 11 is 6.27. The normalized spacial score (nSPS) is 11.3. The lowest BCUT2D eigenvalue weighted by molar-refractivity contribution is -0.132. The third-order valence-corrected chi connectivity index (χ3v) is 4.78. The number of ketones is 1. The average molecular weight is 386 g/mol. The molecule has 2 aromatic rings. The Morgan fingerprint density at radius 2 is 1.81 bits per heavy atom. The summed E-state index contributed by atoms with van der Waals surface area (Å²) in [5.74, 6) is -1.92. The second-order valence-electron chi connectivity index (χ2n) is 6.27. The Labute approximate surface area is 164 Å². The smallest absolute Gasteiger partial charge is 0.341 e. The number of carbonyl (C=O) groups excluding carboxylic acids is 1. The highest BCUT2D eigenvalue weighted by molar-refractivity contribution is 6.37. The Bertz CT molecular complexity index is 841. The highest BCUT2D eigenvalue weighted by Crippen LogP contribution is 2.24. The van der Waals surface area contributed by atoms with E-state index in [0.29, 0.717) is 11.4 Å². The van der Waals surface area contributed by atoms with Gasteiger partial charge in [-0.3, -0.25) is 4.79 Å². The predicted octanol–water partition coefficient (Wildman–Crippen LogP) is 5.51. The summed E-state index contributed by atoms with van der Waals surface area (Å²) < 4.78 is 0. The summed E-state index contributed by atoms with van der Waals surface area (Å²) in [7, 11) is 0. The first kappa shape index (κ1) is 20.7. The van der Waals surface area contributed by atoms with Crippen molar-refractivity contribution in [2.75, 3.05) is 5.32 Å². The number of aryl methyl sites for hydroxylation is 2. The van der Waals surface area contributed by atoms with Crippen molar-refractivity contribution in [3.05, 3.63) is 76.0 Å². The summed E-state index contributed by atoms with van der Waals surface area (Å²) in [6.07, 6.45) is 5.16. The minimum Gasteiger partial charge on any atom is -0.477 e. The van der Waals surface area contributed by atoms with Gasteiger partial charge in [-0.1, -0.05) is 56.1 Å². The number of Topliss-reactive ketones (excluding diaryl/α,β-unsaturated/α-hetero) is 1. The lowest BCUT2D eigenvalue weighted by Crippen LogP contribution is -2.15. The van der Waals surface area contributed by atoms with Crippen molar-refractivity contribution in [2.45, 2.75) is 39.5 Å². The summed E-state index contributed by atoms with van der Waals surface area (Å²) in [4.78, 5) is 24.3. The molecule has 0 fully saturated rings. The maximum Gasteiger partial charge on any atom is 0.341 e. The van der Waals surface area contributed by atoms with Crippen LogP contribution in [0.25, 0.3) is 0 Å². The van der Waals surface area contributed by atoms with Gasteiger partial charge in [-0.15, -0.1) is 0 Å². The maximum absolute atomic E-state index is 12.7. The zero-order chi connectivity index (χ0) is 19.8. The first-order valence-electron chi connectivity index (χ1n) is 9.08. The van der Waals surface area contributed by atoms with Crippen molar-refractivity contribution >= 4 is 29.0 Å². The molecule has 2 rings (SSSR count). The molecule has 2 aromatic carbocycles. The molecule has 5 heteroatoms. The van der Waals surface area contributed by atoms with E-state index < -0.39 is 11.8 Å². The molecule has 0 aliphatic heterocycles. The van der Waals surface area contributed by atoms with Crippen molar-refractivity contribution in [3.63, 3.8) is 0 Å². The molecule has 0 saturated carbocycles. The van der Waals surface area contributed by atoms with Crippen molar-refractivity contribution in [2.24, 2.45) is 0 Å². The summed E-state index contributed by atoms with van der Waals surface area (Å²) in [5.41, 5.74) is 2.59. The van der Waals surface area contributed by atoms with E-state index in [4.69, 9.17) is 11.6 Å². The van der Waals surface area contributed by atoms with Gasteiger partial charge in [0.05, 0.1) is 5.02 Å². The van der Waals surface area contributed by atoms with E-state index >= 15 is 0 Å². The fraction of sp³-hybridized carbons (Fsp3) is 0.273. The summed E-state index contributed by atoms with van der Waals surface area (Å²) in [6, 6.07) is 12.8. The largest absolute Gasteiger partial charge is 0.477 e. The molecular weight excluding hydrogens is 362 g/mol. The highest BCUT2D eigenvalue weighted by Gasteiger charge is 2.22. The molecule has 0 amide bonds. The molecule has 0 saturated heterocycles. The molecule has 2 N–H and O–H groups in total. The molecule has 0 aliphatic carbocycles. The van der Waals surface area contributed by atoms with Crippen LogP contribution in [0.5, 0.6) is 0 Å². The van der Waals surface area contributed by atoms with Crippen LogP contribution in [0.3, 0.4) is 0 Å². The van der Waals surface area contributed by atoms with Crippen LogP contribution in [0.1, 0.15) is 48.2 Å². The van der Waals surface area contributed by atoms with Crippen molar-refractivity contribution in [1.29, 1.82) is 0 Å². The Hall–Kier alpha value is -2.59. The zero-order valence-corrected chi connectivity index (χ0v) is 16.3. The SMILES string of the molecule is CCCCc1ccc(NC=C(C(=O)O)C(=O)c2cccc(CC)c2Cl)cc1. The Balaban J connectivity index is 2.22. The van der Waals surface area contributed by atoms with Gasteiger partial charge >= 0.3 is 5.97 Å². The third-order valence-electron chi connectivity index (χ3n) is 4.34. The van der Waals surface area contributed by atoms with Gasteiger partial charge in [0.25, 0.3) is 0 Å². The van der Waals surface area contributed by atoms with Crippen LogP contribution in [0, 0.1) is 0 Å². The van der Waals surface area contributed by atoms with Crippen molar-refractivity contribution in [3.8, 4) is 0 Å². The van der Waals surface area contributed by atoms with Crippen LogP contribution in [0.2, 0.25) is 5.02 Å². The fourth-order valence-corrected chi connectivity index (χ4v) is 3.05. The molecule has 0 radical (unpaired) electrons. The topological polar surface area (TPSA) is 66.4 Å². The van der Waals surface area contributed by atoms with E-state index in [1.807, 2.05) is 37.3 Å². The molecule has 4 nitrogen and oxygen atoms in total. The third kappa shape index (κ3) is 5.44. The van der Waals surface area contributed by atoms with Crippen LogP contribution >= 0.6 is 11.6 Å². The number of nitrogens with one attached hydrogen (secondary N) is 1. The Kier molecular flexibility index (Phi) is 7.62. The zero-order valence-electron chi connectivity index (χ0n) is 15.6. The predicted molar refractivity (Wildman–Crippen MR) is 110 cm³/mol. The average Bonchev–Trinajstić information content (AvgIpc) is 2.67. The number of hydrogen-bond acceptors (Lipinski definition) is 3. The molecule has 142 valence electrons. The van der Waals surface area contributed by atoms with Crippen LogP contribution < -0.4 is 5.32 Å². The Morgan fingerprint density at radius 3 is 2.41 bits per heavy atom. The quantitative estimate of drug-likeness (QED) is 0.258. The van der Waals surface area contributed by atoms with Gasteiger partial charge in [-0.25, -0.2) is 4.79 Å². The molecule has 0 atom stereocenters. The monoisotopic (exact) mass is 385 g/mol. The lowest BCUT2D eigenvalue weighted by Gasteiger charge is -2.09. The second kappa shape index (κ2) is 9.93. The lowest BCUT2D eigenvalue weighted by atomic mass is 10.0. The van der Waals surface area contributed by atoms with E-state index in [2.05, 4.69) is 12.2 Å². The molecule has 0 aromatic heterocycles. The molecule has 0 bridgehead atoms. The molecule has 0 unspecified atom stereocenters. The summed E-state index contributed by atoms with van der Waals surface area (Å²) in [5, 5.41) is 12.7. The van der Waals surface area contributed by atoms with E-state index in [-0.39, 0.29) is 11.1 Å². The van der Waals surface area contributed by atoms with Gasteiger partial charge in [0, 0.05) is 17.5 Å². The first-order valence-corrected chi connectivity index (χ1v) is 9.46. The summed E-state index contributed by atoms with van der Waals surface area (Å²) in [6.45, 7) is 4.07. The fourth-order valence-electron chi connectivity index (χ4n) is 2.70. The number of carbonyl (C=O) groups is 2. The number of anilines is 1. The van der Waals surface area contributed by atoms with Gasteiger partial charge in [-0.2, -0.15) is 0 Å². The number of unbranched alkanes of at least 4 members (excludes halogenated alkanes) is 1. The van der Waals surface area contributed by atoms with Gasteiger partial charge in [0.15, 0.2) is 0 Å². The standard InChI is InChI=1S/C22H24ClNO3/c1-3-5-7-15-10-12-17(13-11-15)24-14-19(22(26)27)21(25)18-9-6-8-16(4-2)20(18)23/h6,8-14,24H,3-5,7H2,1-2H3,(H,26,27). The number of aliphatic carboxylic acids is 1. The van der Waals surface area contributed by atoms with E-state index in [1.165, 1.54) is 11.8 Å². The maximum atomic E-state index is 12.7. The van der Waals surface area contributed by atoms with Crippen LogP contribution in [-0.2, 0) is 17.6 Å². The van der Waals surface area contributed by atoms with E-state index in [9.17, 15) is 14.7 Å². The molecular formula is C22H24ClNO3. The Morgan fingerprint density at radius 1 is 1.11 bits per heavy atom. The molecule has 0 heterocycles.